The molecule has 1 aromatic rings. The maximum atomic E-state index is 12.7. The van der Waals surface area contributed by atoms with Gasteiger partial charge in [-0.15, -0.1) is 0 Å². The van der Waals surface area contributed by atoms with E-state index in [0.717, 1.165) is 5.56 Å². The molecule has 0 aliphatic carbocycles. The summed E-state index contributed by atoms with van der Waals surface area (Å²) < 4.78 is 15.2. The highest BCUT2D eigenvalue weighted by Gasteiger charge is 2.33. The van der Waals surface area contributed by atoms with Crippen LogP contribution in [0.3, 0.4) is 0 Å². The number of carbonyl (C=O) groups is 3. The summed E-state index contributed by atoms with van der Waals surface area (Å²) in [5.74, 6) is 0.293. The van der Waals surface area contributed by atoms with E-state index < -0.39 is 12.0 Å². The molecule has 1 saturated heterocycles. The number of nitrogens with one attached hydrogen (secondary N) is 1. The van der Waals surface area contributed by atoms with Gasteiger partial charge in [-0.1, -0.05) is 6.07 Å². The van der Waals surface area contributed by atoms with E-state index in [9.17, 15) is 14.4 Å². The van der Waals surface area contributed by atoms with E-state index in [1.54, 1.807) is 37.1 Å². The number of likely N-dealkylation sites (N-methyl/N-ethyl adjacent to an activating group) is 1. The fourth-order valence-corrected chi connectivity index (χ4v) is 3.05. The number of nitrogens with zero attached hydrogens (tertiary/aromatic N) is 2. The highest BCUT2D eigenvalue weighted by molar-refractivity contribution is 5.88. The third-order valence-corrected chi connectivity index (χ3v) is 4.66. The van der Waals surface area contributed by atoms with Gasteiger partial charge in [0.2, 0.25) is 11.8 Å². The second-order valence-electron chi connectivity index (χ2n) is 6.50. The standard InChI is InChI=1S/C19H27N3O6/c1-21(11-13-5-6-15(26-2)16(9-13)27-3)17(23)12-22-8-7-20-19(25)14(22)10-18(24)28-4/h5-6,9,14H,7-8,10-12H2,1-4H3,(H,20,25). The minimum Gasteiger partial charge on any atom is -0.493 e. The molecule has 0 saturated carbocycles. The molecule has 1 atom stereocenters. The van der Waals surface area contributed by atoms with Gasteiger partial charge >= 0.3 is 5.97 Å². The fraction of sp³-hybridized carbons (Fsp3) is 0.526. The van der Waals surface area contributed by atoms with Gasteiger partial charge < -0.3 is 24.4 Å². The molecular formula is C19H27N3O6. The van der Waals surface area contributed by atoms with Crippen LogP contribution in [0.4, 0.5) is 0 Å². The topological polar surface area (TPSA) is 97.4 Å². The first-order valence-corrected chi connectivity index (χ1v) is 8.93. The Bertz CT molecular complexity index is 724. The molecule has 1 aliphatic heterocycles. The quantitative estimate of drug-likeness (QED) is 0.622. The molecule has 1 aliphatic rings. The number of methoxy groups -OCH3 is 3. The first kappa shape index (κ1) is 21.5. The van der Waals surface area contributed by atoms with Crippen molar-refractivity contribution < 1.29 is 28.6 Å². The minimum atomic E-state index is -0.709. The van der Waals surface area contributed by atoms with Gasteiger partial charge in [-0.25, -0.2) is 0 Å². The number of benzene rings is 1. The molecular weight excluding hydrogens is 366 g/mol. The van der Waals surface area contributed by atoms with Gasteiger partial charge in [0.25, 0.3) is 0 Å². The van der Waals surface area contributed by atoms with Gasteiger partial charge in [-0.2, -0.15) is 0 Å². The van der Waals surface area contributed by atoms with Crippen molar-refractivity contribution in [1.29, 1.82) is 0 Å². The highest BCUT2D eigenvalue weighted by atomic mass is 16.5. The van der Waals surface area contributed by atoms with Crippen LogP contribution in [0.15, 0.2) is 18.2 Å². The van der Waals surface area contributed by atoms with E-state index in [4.69, 9.17) is 9.47 Å². The molecule has 2 rings (SSSR count). The van der Waals surface area contributed by atoms with Gasteiger partial charge in [0.15, 0.2) is 11.5 Å². The summed E-state index contributed by atoms with van der Waals surface area (Å²) in [5, 5.41) is 2.72. The Kier molecular flexibility index (Phi) is 7.62. The molecule has 1 fully saturated rings. The van der Waals surface area contributed by atoms with Gasteiger partial charge in [0, 0.05) is 26.7 Å². The van der Waals surface area contributed by atoms with Crippen LogP contribution in [0.5, 0.6) is 11.5 Å². The zero-order valence-corrected chi connectivity index (χ0v) is 16.7. The summed E-state index contributed by atoms with van der Waals surface area (Å²) in [4.78, 5) is 39.7. The van der Waals surface area contributed by atoms with E-state index in [1.165, 1.54) is 7.11 Å². The Hall–Kier alpha value is -2.81. The zero-order valence-electron chi connectivity index (χ0n) is 16.7. The van der Waals surface area contributed by atoms with Gasteiger partial charge in [0.05, 0.1) is 34.3 Å². The molecule has 1 N–H and O–H groups in total. The lowest BCUT2D eigenvalue weighted by molar-refractivity contribution is -0.147. The first-order valence-electron chi connectivity index (χ1n) is 8.93. The third kappa shape index (κ3) is 5.35. The van der Waals surface area contributed by atoms with Crippen molar-refractivity contribution in [2.24, 2.45) is 0 Å². The number of hydrogen-bond acceptors (Lipinski definition) is 7. The van der Waals surface area contributed by atoms with E-state index >= 15 is 0 Å². The number of hydrogen-bond donors (Lipinski definition) is 1. The zero-order chi connectivity index (χ0) is 20.7. The fourth-order valence-electron chi connectivity index (χ4n) is 3.05. The lowest BCUT2D eigenvalue weighted by Gasteiger charge is -2.34. The smallest absolute Gasteiger partial charge is 0.307 e. The predicted octanol–water partition coefficient (Wildman–Crippen LogP) is 0.0257. The van der Waals surface area contributed by atoms with Gasteiger partial charge in [-0.3, -0.25) is 19.3 Å². The second kappa shape index (κ2) is 9.93. The Morgan fingerprint density at radius 2 is 1.93 bits per heavy atom. The maximum Gasteiger partial charge on any atom is 0.307 e. The van der Waals surface area contributed by atoms with Crippen molar-refractivity contribution >= 4 is 17.8 Å². The van der Waals surface area contributed by atoms with Gasteiger partial charge in [0.1, 0.15) is 6.04 Å². The monoisotopic (exact) mass is 393 g/mol. The molecule has 2 amide bonds. The van der Waals surface area contributed by atoms with Crippen molar-refractivity contribution in [3.63, 3.8) is 0 Å². The molecule has 28 heavy (non-hydrogen) atoms. The van der Waals surface area contributed by atoms with Crippen LogP contribution in [-0.2, 0) is 25.7 Å². The summed E-state index contributed by atoms with van der Waals surface area (Å²) in [6, 6.07) is 4.75. The minimum absolute atomic E-state index is 0.0405. The van der Waals surface area contributed by atoms with E-state index in [1.807, 2.05) is 12.1 Å². The first-order chi connectivity index (χ1) is 13.4. The molecule has 9 nitrogen and oxygen atoms in total. The van der Waals surface area contributed by atoms with E-state index in [-0.39, 0.29) is 24.8 Å². The number of carbonyl (C=O) groups excluding carboxylic acids is 3. The van der Waals surface area contributed by atoms with Crippen molar-refractivity contribution in [3.05, 3.63) is 23.8 Å². The van der Waals surface area contributed by atoms with Crippen LogP contribution in [0, 0.1) is 0 Å². The molecule has 0 bridgehead atoms. The molecule has 1 heterocycles. The van der Waals surface area contributed by atoms with E-state index in [0.29, 0.717) is 31.1 Å². The van der Waals surface area contributed by atoms with Crippen LogP contribution in [0.25, 0.3) is 0 Å². The molecule has 0 radical (unpaired) electrons. The number of rotatable bonds is 8. The average molecular weight is 393 g/mol. The normalized spacial score (nSPS) is 16.9. The summed E-state index contributed by atoms with van der Waals surface area (Å²) in [7, 11) is 6.08. The van der Waals surface area contributed by atoms with Crippen molar-refractivity contribution in [3.8, 4) is 11.5 Å². The third-order valence-electron chi connectivity index (χ3n) is 4.66. The summed E-state index contributed by atoms with van der Waals surface area (Å²) in [6.07, 6.45) is -0.0883. The lowest BCUT2D eigenvalue weighted by atomic mass is 10.1. The van der Waals surface area contributed by atoms with Crippen molar-refractivity contribution in [2.75, 3.05) is 48.0 Å². The molecule has 154 valence electrons. The summed E-state index contributed by atoms with van der Waals surface area (Å²) in [6.45, 7) is 1.34. The molecule has 1 aromatic carbocycles. The van der Waals surface area contributed by atoms with Crippen LogP contribution in [0.1, 0.15) is 12.0 Å². The summed E-state index contributed by atoms with van der Waals surface area (Å²) >= 11 is 0. The Labute approximate surface area is 164 Å². The average Bonchev–Trinajstić information content (AvgIpc) is 2.70. The predicted molar refractivity (Wildman–Crippen MR) is 101 cm³/mol. The number of esters is 1. The van der Waals surface area contributed by atoms with Crippen molar-refractivity contribution in [2.45, 2.75) is 19.0 Å². The van der Waals surface area contributed by atoms with Crippen LogP contribution < -0.4 is 14.8 Å². The Morgan fingerprint density at radius 1 is 1.21 bits per heavy atom. The second-order valence-corrected chi connectivity index (χ2v) is 6.50. The van der Waals surface area contributed by atoms with Crippen LogP contribution >= 0.6 is 0 Å². The van der Waals surface area contributed by atoms with Crippen LogP contribution in [0.2, 0.25) is 0 Å². The van der Waals surface area contributed by atoms with Crippen molar-refractivity contribution in [1.82, 2.24) is 15.1 Å². The number of amides is 2. The SMILES string of the molecule is COC(=O)CC1C(=O)NCCN1CC(=O)N(C)Cc1ccc(OC)c(OC)c1. The Morgan fingerprint density at radius 3 is 2.57 bits per heavy atom. The van der Waals surface area contributed by atoms with E-state index in [2.05, 4.69) is 10.1 Å². The molecule has 1 unspecified atom stereocenters. The number of piperazine rings is 1. The molecule has 9 heteroatoms. The largest absolute Gasteiger partial charge is 0.493 e. The maximum absolute atomic E-state index is 12.7. The number of ether oxygens (including phenoxy) is 3. The molecule has 0 aromatic heterocycles. The molecule has 0 spiro atoms. The highest BCUT2D eigenvalue weighted by Crippen LogP contribution is 2.28. The van der Waals surface area contributed by atoms with Crippen LogP contribution in [-0.4, -0.2) is 81.6 Å². The Balaban J connectivity index is 2.02. The lowest BCUT2D eigenvalue weighted by Crippen LogP contribution is -2.58. The van der Waals surface area contributed by atoms with Gasteiger partial charge in [-0.05, 0) is 17.7 Å². The summed E-state index contributed by atoms with van der Waals surface area (Å²) in [5.41, 5.74) is 0.885.